The molecule has 3 N–H and O–H groups in total. The minimum absolute atomic E-state index is 0.260. The number of nitrogens with one attached hydrogen (secondary N) is 1. The highest BCUT2D eigenvalue weighted by atomic mass is 32.2. The van der Waals surface area contributed by atoms with E-state index >= 15 is 0 Å². The van der Waals surface area contributed by atoms with Crippen LogP contribution in [0.4, 0.5) is 0 Å². The molecule has 5 heteroatoms. The van der Waals surface area contributed by atoms with Gasteiger partial charge in [-0.15, -0.1) is 11.3 Å². The maximum absolute atomic E-state index is 5.92. The van der Waals surface area contributed by atoms with Crippen LogP contribution in [0.15, 0.2) is 35.5 Å². The van der Waals surface area contributed by atoms with E-state index in [9.17, 15) is 0 Å². The molecular formula is C15H17N3S2. The highest BCUT2D eigenvalue weighted by Gasteiger charge is 2.15. The van der Waals surface area contributed by atoms with Gasteiger partial charge in [0.05, 0.1) is 16.3 Å². The van der Waals surface area contributed by atoms with Gasteiger partial charge in [-0.3, -0.25) is 0 Å². The van der Waals surface area contributed by atoms with Gasteiger partial charge < -0.3 is 10.7 Å². The van der Waals surface area contributed by atoms with Crippen LogP contribution in [0.1, 0.15) is 20.6 Å². The van der Waals surface area contributed by atoms with Crippen molar-refractivity contribution in [3.05, 3.63) is 45.6 Å². The van der Waals surface area contributed by atoms with E-state index in [0.29, 0.717) is 6.54 Å². The number of hydrogen-bond donors (Lipinski definition) is 2. The number of rotatable bonds is 4. The van der Waals surface area contributed by atoms with Gasteiger partial charge in [-0.05, 0) is 43.7 Å². The van der Waals surface area contributed by atoms with E-state index in [4.69, 9.17) is 5.73 Å². The Kier molecular flexibility index (Phi) is 3.83. The quantitative estimate of drug-likeness (QED) is 0.715. The molecule has 104 valence electrons. The number of benzene rings is 1. The highest BCUT2D eigenvalue weighted by Crippen LogP contribution is 2.37. The average molecular weight is 303 g/mol. The van der Waals surface area contributed by atoms with Crippen LogP contribution in [0.3, 0.4) is 0 Å². The Morgan fingerprint density at radius 1 is 1.30 bits per heavy atom. The van der Waals surface area contributed by atoms with Crippen LogP contribution in [-0.4, -0.2) is 16.5 Å². The molecule has 0 aliphatic rings. The number of aromatic amines is 1. The summed E-state index contributed by atoms with van der Waals surface area (Å²) in [6.45, 7) is 4.82. The van der Waals surface area contributed by atoms with Gasteiger partial charge in [0.25, 0.3) is 0 Å². The number of fused-ring (bicyclic) bond motifs is 1. The standard InChI is InChI=1S/C15H17N3S2/c1-9-3-5-11-12(7-9)18-15(17-11)20-14(8-16)13-6-4-10(2)19-13/h3-7,14H,8,16H2,1-2H3,(H,17,18). The molecule has 2 heterocycles. The third-order valence-electron chi connectivity index (χ3n) is 3.16. The van der Waals surface area contributed by atoms with Crippen molar-refractivity contribution in [3.63, 3.8) is 0 Å². The molecule has 0 spiro atoms. The Balaban J connectivity index is 1.87. The maximum atomic E-state index is 5.92. The van der Waals surface area contributed by atoms with Gasteiger partial charge in [0.2, 0.25) is 0 Å². The zero-order valence-corrected chi connectivity index (χ0v) is 13.1. The number of hydrogen-bond acceptors (Lipinski definition) is 4. The second-order valence-corrected chi connectivity index (χ2v) is 7.36. The highest BCUT2D eigenvalue weighted by molar-refractivity contribution is 7.99. The molecule has 0 saturated heterocycles. The third-order valence-corrected chi connectivity index (χ3v) is 5.57. The Morgan fingerprint density at radius 3 is 2.85 bits per heavy atom. The Hall–Kier alpha value is -1.30. The fourth-order valence-corrected chi connectivity index (χ4v) is 4.18. The Bertz CT molecular complexity index is 730. The second-order valence-electron chi connectivity index (χ2n) is 4.85. The van der Waals surface area contributed by atoms with Gasteiger partial charge in [0, 0.05) is 16.3 Å². The van der Waals surface area contributed by atoms with Crippen molar-refractivity contribution in [2.45, 2.75) is 24.3 Å². The minimum atomic E-state index is 0.260. The molecule has 0 radical (unpaired) electrons. The fraction of sp³-hybridized carbons (Fsp3) is 0.267. The predicted molar refractivity (Wildman–Crippen MR) is 87.5 cm³/mol. The van der Waals surface area contributed by atoms with E-state index in [-0.39, 0.29) is 5.25 Å². The number of aryl methyl sites for hydroxylation is 2. The lowest BCUT2D eigenvalue weighted by Gasteiger charge is -2.10. The first-order valence-corrected chi connectivity index (χ1v) is 8.25. The molecule has 20 heavy (non-hydrogen) atoms. The number of thioether (sulfide) groups is 1. The van der Waals surface area contributed by atoms with E-state index in [1.54, 1.807) is 23.1 Å². The Labute approximate surface area is 126 Å². The third kappa shape index (κ3) is 2.75. The summed E-state index contributed by atoms with van der Waals surface area (Å²) in [5, 5.41) is 1.20. The fourth-order valence-electron chi connectivity index (χ4n) is 2.14. The second kappa shape index (κ2) is 5.60. The molecule has 0 bridgehead atoms. The average Bonchev–Trinajstić information content (AvgIpc) is 3.01. The van der Waals surface area contributed by atoms with Gasteiger partial charge in [-0.25, -0.2) is 4.98 Å². The first kappa shape index (κ1) is 13.7. The van der Waals surface area contributed by atoms with Crippen LogP contribution in [0, 0.1) is 13.8 Å². The van der Waals surface area contributed by atoms with Crippen LogP contribution in [0.2, 0.25) is 0 Å². The van der Waals surface area contributed by atoms with Gasteiger partial charge in [-0.2, -0.15) is 0 Å². The lowest BCUT2D eigenvalue weighted by atomic mass is 10.2. The monoisotopic (exact) mass is 303 g/mol. The molecule has 3 aromatic rings. The molecule has 0 fully saturated rings. The van der Waals surface area contributed by atoms with Gasteiger partial charge >= 0.3 is 0 Å². The molecule has 1 unspecified atom stereocenters. The van der Waals surface area contributed by atoms with Crippen molar-refractivity contribution in [1.29, 1.82) is 0 Å². The molecule has 2 aromatic heterocycles. The number of H-pyrrole nitrogens is 1. The van der Waals surface area contributed by atoms with Crippen molar-refractivity contribution < 1.29 is 0 Å². The molecule has 3 rings (SSSR count). The summed E-state index contributed by atoms with van der Waals surface area (Å²) in [7, 11) is 0. The lowest BCUT2D eigenvalue weighted by Crippen LogP contribution is -2.08. The van der Waals surface area contributed by atoms with Crippen molar-refractivity contribution in [2.75, 3.05) is 6.54 Å². The van der Waals surface area contributed by atoms with Crippen LogP contribution in [0.5, 0.6) is 0 Å². The molecule has 0 aliphatic heterocycles. The first-order chi connectivity index (χ1) is 9.65. The maximum Gasteiger partial charge on any atom is 0.167 e. The van der Waals surface area contributed by atoms with Crippen molar-refractivity contribution in [3.8, 4) is 0 Å². The summed E-state index contributed by atoms with van der Waals surface area (Å²) in [5.41, 5.74) is 9.26. The van der Waals surface area contributed by atoms with Gasteiger partial charge in [-0.1, -0.05) is 17.8 Å². The summed E-state index contributed by atoms with van der Waals surface area (Å²) in [4.78, 5) is 10.6. The van der Waals surface area contributed by atoms with Gasteiger partial charge in [0.15, 0.2) is 5.16 Å². The number of nitrogens with two attached hydrogens (primary N) is 1. The summed E-state index contributed by atoms with van der Waals surface area (Å²) >= 11 is 3.51. The van der Waals surface area contributed by atoms with E-state index in [1.165, 1.54) is 15.3 Å². The summed E-state index contributed by atoms with van der Waals surface area (Å²) < 4.78 is 0. The molecule has 1 aromatic carbocycles. The zero-order chi connectivity index (χ0) is 14.1. The van der Waals surface area contributed by atoms with E-state index < -0.39 is 0 Å². The normalized spacial score (nSPS) is 12.9. The van der Waals surface area contributed by atoms with Crippen LogP contribution in [-0.2, 0) is 0 Å². The van der Waals surface area contributed by atoms with Crippen molar-refractivity contribution in [2.24, 2.45) is 5.73 Å². The van der Waals surface area contributed by atoms with Gasteiger partial charge in [0.1, 0.15) is 0 Å². The van der Waals surface area contributed by atoms with Crippen molar-refractivity contribution >= 4 is 34.1 Å². The molecular weight excluding hydrogens is 286 g/mol. The smallest absolute Gasteiger partial charge is 0.167 e. The summed E-state index contributed by atoms with van der Waals surface area (Å²) in [6, 6.07) is 10.6. The van der Waals surface area contributed by atoms with Crippen molar-refractivity contribution in [1.82, 2.24) is 9.97 Å². The number of thiophene rings is 1. The van der Waals surface area contributed by atoms with E-state index in [2.05, 4.69) is 54.1 Å². The molecule has 1 atom stereocenters. The lowest BCUT2D eigenvalue weighted by molar-refractivity contribution is 0.946. The topological polar surface area (TPSA) is 54.7 Å². The van der Waals surface area contributed by atoms with Crippen LogP contribution < -0.4 is 5.73 Å². The number of aromatic nitrogens is 2. The van der Waals surface area contributed by atoms with E-state index in [0.717, 1.165) is 16.2 Å². The minimum Gasteiger partial charge on any atom is -0.333 e. The molecule has 0 saturated carbocycles. The summed E-state index contributed by atoms with van der Waals surface area (Å²) in [5.74, 6) is 0. The van der Waals surface area contributed by atoms with Crippen LogP contribution in [0.25, 0.3) is 11.0 Å². The van der Waals surface area contributed by atoms with E-state index in [1.807, 2.05) is 0 Å². The SMILES string of the molecule is Cc1ccc2nc(SC(CN)c3ccc(C)s3)[nH]c2c1. The first-order valence-electron chi connectivity index (χ1n) is 6.55. The predicted octanol–water partition coefficient (Wildman–Crippen LogP) is 4.03. The number of nitrogens with zero attached hydrogens (tertiary/aromatic N) is 1. The Morgan fingerprint density at radius 2 is 2.15 bits per heavy atom. The molecule has 0 amide bonds. The molecule has 0 aliphatic carbocycles. The largest absolute Gasteiger partial charge is 0.333 e. The number of imidazole rings is 1. The van der Waals surface area contributed by atoms with Crippen LogP contribution >= 0.6 is 23.1 Å². The summed E-state index contributed by atoms with van der Waals surface area (Å²) in [6.07, 6.45) is 0. The molecule has 3 nitrogen and oxygen atoms in total. The zero-order valence-electron chi connectivity index (χ0n) is 11.5.